The summed E-state index contributed by atoms with van der Waals surface area (Å²) in [5.41, 5.74) is 8.84. The number of benzene rings is 1. The summed E-state index contributed by atoms with van der Waals surface area (Å²) in [5, 5.41) is 8.36. The van der Waals surface area contributed by atoms with Crippen LogP contribution in [0.2, 0.25) is 0 Å². The fraction of sp³-hybridized carbons (Fsp3) is 0.357. The van der Waals surface area contributed by atoms with Gasteiger partial charge < -0.3 is 18.7 Å². The third kappa shape index (κ3) is 5.21. The minimum absolute atomic E-state index is 0.164. The number of fused-ring (bicyclic) bond motifs is 2. The fourth-order valence-corrected chi connectivity index (χ4v) is 5.06. The van der Waals surface area contributed by atoms with Crippen molar-refractivity contribution >= 4 is 28.5 Å². The highest BCUT2D eigenvalue weighted by molar-refractivity contribution is 6.06. The van der Waals surface area contributed by atoms with Gasteiger partial charge in [-0.2, -0.15) is 5.10 Å². The number of nitrogens with one attached hydrogen (secondary N) is 2. The number of aromatic nitrogens is 2. The van der Waals surface area contributed by atoms with Gasteiger partial charge >= 0.3 is 0 Å². The molecule has 4 aromatic rings. The summed E-state index contributed by atoms with van der Waals surface area (Å²) < 4.78 is 13.6. The standard InChI is InChI=1S/C28H31N5O4/c1-17-12-18(2)25-20(15-36-23(25)13-17)14-24(34)32-31-21-6-4-7-22-26(21)19(3)27(37-22)28(35)30-8-5-10-33-11-9-29-16-33/h9,11-13,15-16H,4-8,10,14H2,1-3H3,(H,30,35)(H,32,34)/b31-21+. The van der Waals surface area contributed by atoms with Crippen molar-refractivity contribution in [3.63, 3.8) is 0 Å². The molecule has 9 nitrogen and oxygen atoms in total. The number of hydrogen-bond donors (Lipinski definition) is 2. The second kappa shape index (κ2) is 10.5. The number of carbonyl (C=O) groups is 2. The molecule has 1 aliphatic carbocycles. The molecule has 37 heavy (non-hydrogen) atoms. The number of hydrazone groups is 1. The molecule has 3 aromatic heterocycles. The summed E-state index contributed by atoms with van der Waals surface area (Å²) in [4.78, 5) is 29.6. The van der Waals surface area contributed by atoms with Crippen LogP contribution in [-0.2, 0) is 24.2 Å². The van der Waals surface area contributed by atoms with Crippen LogP contribution in [0.3, 0.4) is 0 Å². The summed E-state index contributed by atoms with van der Waals surface area (Å²) in [6, 6.07) is 4.06. The SMILES string of the molecule is Cc1cc(C)c2c(CC(=O)N/N=C3\CCCc4oc(C(=O)NCCCn5ccnc5)c(C)c43)coc2c1. The molecule has 2 N–H and O–H groups in total. The van der Waals surface area contributed by atoms with Gasteiger partial charge in [0.1, 0.15) is 11.3 Å². The number of imidazole rings is 1. The molecule has 2 amide bonds. The van der Waals surface area contributed by atoms with Crippen LogP contribution in [0.25, 0.3) is 11.0 Å². The highest BCUT2D eigenvalue weighted by Crippen LogP contribution is 2.30. The Bertz CT molecular complexity index is 1480. The number of rotatable bonds is 8. The zero-order valence-corrected chi connectivity index (χ0v) is 21.4. The summed E-state index contributed by atoms with van der Waals surface area (Å²) in [7, 11) is 0. The number of amides is 2. The van der Waals surface area contributed by atoms with E-state index in [2.05, 4.69) is 26.9 Å². The lowest BCUT2D eigenvalue weighted by molar-refractivity contribution is -0.120. The van der Waals surface area contributed by atoms with E-state index >= 15 is 0 Å². The van der Waals surface area contributed by atoms with Crippen molar-refractivity contribution in [2.24, 2.45) is 5.10 Å². The third-order valence-corrected chi connectivity index (χ3v) is 6.73. The van der Waals surface area contributed by atoms with Crippen LogP contribution in [0.15, 0.2) is 51.1 Å². The van der Waals surface area contributed by atoms with E-state index in [1.54, 1.807) is 18.8 Å². The maximum Gasteiger partial charge on any atom is 0.287 e. The van der Waals surface area contributed by atoms with E-state index in [4.69, 9.17) is 8.83 Å². The lowest BCUT2D eigenvalue weighted by Gasteiger charge is -2.13. The Morgan fingerprint density at radius 2 is 2.05 bits per heavy atom. The first-order valence-corrected chi connectivity index (χ1v) is 12.6. The Kier molecular flexibility index (Phi) is 6.94. The monoisotopic (exact) mass is 501 g/mol. The molecular weight excluding hydrogens is 470 g/mol. The Hall–Kier alpha value is -4.14. The van der Waals surface area contributed by atoms with Gasteiger partial charge in [0.2, 0.25) is 5.91 Å². The molecule has 192 valence electrons. The van der Waals surface area contributed by atoms with E-state index < -0.39 is 0 Å². The zero-order chi connectivity index (χ0) is 25.9. The van der Waals surface area contributed by atoms with Gasteiger partial charge in [-0.3, -0.25) is 9.59 Å². The van der Waals surface area contributed by atoms with Crippen molar-refractivity contribution in [1.29, 1.82) is 0 Å². The summed E-state index contributed by atoms with van der Waals surface area (Å²) in [6.45, 7) is 7.21. The van der Waals surface area contributed by atoms with Gasteiger partial charge in [-0.1, -0.05) is 6.07 Å². The molecule has 0 fully saturated rings. The lowest BCUT2D eigenvalue weighted by atomic mass is 9.93. The number of furan rings is 2. The molecule has 0 bridgehead atoms. The molecule has 5 rings (SSSR count). The first-order valence-electron chi connectivity index (χ1n) is 12.6. The first-order chi connectivity index (χ1) is 17.9. The summed E-state index contributed by atoms with van der Waals surface area (Å²) in [5.74, 6) is 0.592. The number of carbonyl (C=O) groups excluding carboxylic acids is 2. The predicted molar refractivity (Wildman–Crippen MR) is 140 cm³/mol. The van der Waals surface area contributed by atoms with Crippen molar-refractivity contribution < 1.29 is 18.4 Å². The number of nitrogens with zero attached hydrogens (tertiary/aromatic N) is 3. The van der Waals surface area contributed by atoms with Crippen LogP contribution in [0.4, 0.5) is 0 Å². The van der Waals surface area contributed by atoms with E-state index in [0.29, 0.717) is 18.7 Å². The van der Waals surface area contributed by atoms with Crippen molar-refractivity contribution in [3.8, 4) is 0 Å². The molecule has 1 aliphatic rings. The maximum absolute atomic E-state index is 12.8. The minimum atomic E-state index is -0.238. The topological polar surface area (TPSA) is 115 Å². The second-order valence-electron chi connectivity index (χ2n) is 9.60. The molecule has 9 heteroatoms. The van der Waals surface area contributed by atoms with Crippen LogP contribution in [0.1, 0.15) is 63.4 Å². The number of hydrogen-bond acceptors (Lipinski definition) is 6. The summed E-state index contributed by atoms with van der Waals surface area (Å²) >= 11 is 0. The average molecular weight is 502 g/mol. The van der Waals surface area contributed by atoms with Gasteiger partial charge in [-0.25, -0.2) is 10.4 Å². The van der Waals surface area contributed by atoms with Gasteiger partial charge in [-0.15, -0.1) is 0 Å². The molecule has 0 spiro atoms. The van der Waals surface area contributed by atoms with Crippen LogP contribution in [0.5, 0.6) is 0 Å². The first kappa shape index (κ1) is 24.5. The quantitative estimate of drug-likeness (QED) is 0.275. The molecule has 0 unspecified atom stereocenters. The average Bonchev–Trinajstić information content (AvgIpc) is 3.60. The third-order valence-electron chi connectivity index (χ3n) is 6.73. The minimum Gasteiger partial charge on any atom is -0.464 e. The molecule has 1 aromatic carbocycles. The smallest absolute Gasteiger partial charge is 0.287 e. The molecular formula is C28H31N5O4. The molecule has 0 aliphatic heterocycles. The second-order valence-corrected chi connectivity index (χ2v) is 9.60. The van der Waals surface area contributed by atoms with Gasteiger partial charge in [0, 0.05) is 54.0 Å². The van der Waals surface area contributed by atoms with Crippen molar-refractivity contribution in [3.05, 3.63) is 76.5 Å². The maximum atomic E-state index is 12.8. The van der Waals surface area contributed by atoms with Gasteiger partial charge in [-0.05, 0) is 57.2 Å². The Morgan fingerprint density at radius 1 is 1.19 bits per heavy atom. The van der Waals surface area contributed by atoms with Crippen LogP contribution >= 0.6 is 0 Å². The zero-order valence-electron chi connectivity index (χ0n) is 21.4. The van der Waals surface area contributed by atoms with E-state index in [0.717, 1.165) is 76.1 Å². The predicted octanol–water partition coefficient (Wildman–Crippen LogP) is 4.37. The lowest BCUT2D eigenvalue weighted by Crippen LogP contribution is -2.25. The molecule has 0 atom stereocenters. The van der Waals surface area contributed by atoms with Gasteiger partial charge in [0.15, 0.2) is 5.76 Å². The highest BCUT2D eigenvalue weighted by Gasteiger charge is 2.28. The molecule has 0 radical (unpaired) electrons. The van der Waals surface area contributed by atoms with Gasteiger partial charge in [0.25, 0.3) is 5.91 Å². The van der Waals surface area contributed by atoms with E-state index in [-0.39, 0.29) is 18.2 Å². The normalized spacial score (nSPS) is 14.2. The van der Waals surface area contributed by atoms with Crippen molar-refractivity contribution in [2.45, 2.75) is 59.4 Å². The van der Waals surface area contributed by atoms with Crippen LogP contribution < -0.4 is 10.7 Å². The van der Waals surface area contributed by atoms with Gasteiger partial charge in [0.05, 0.1) is 24.7 Å². The Labute approximate surface area is 214 Å². The van der Waals surface area contributed by atoms with Crippen LogP contribution in [0, 0.1) is 20.8 Å². The molecule has 0 saturated carbocycles. The van der Waals surface area contributed by atoms with Crippen molar-refractivity contribution in [1.82, 2.24) is 20.3 Å². The molecule has 3 heterocycles. The van der Waals surface area contributed by atoms with Crippen LogP contribution in [-0.4, -0.2) is 33.6 Å². The highest BCUT2D eigenvalue weighted by atomic mass is 16.4. The molecule has 0 saturated heterocycles. The largest absolute Gasteiger partial charge is 0.464 e. The van der Waals surface area contributed by atoms with E-state index in [9.17, 15) is 9.59 Å². The summed E-state index contributed by atoms with van der Waals surface area (Å²) in [6.07, 6.45) is 10.2. The van der Waals surface area contributed by atoms with E-state index in [1.807, 2.05) is 37.6 Å². The number of aryl methyl sites for hydroxylation is 4. The van der Waals surface area contributed by atoms with Crippen molar-refractivity contribution in [2.75, 3.05) is 6.54 Å². The Morgan fingerprint density at radius 3 is 2.86 bits per heavy atom. The Balaban J connectivity index is 1.24. The fourth-order valence-electron chi connectivity index (χ4n) is 5.06. The van der Waals surface area contributed by atoms with E-state index in [1.165, 1.54) is 0 Å².